The molecular formula is C18H14BrNO3. The number of rotatable bonds is 1. The van der Waals surface area contributed by atoms with E-state index in [0.29, 0.717) is 30.2 Å². The third-order valence-electron chi connectivity index (χ3n) is 4.01. The first-order valence-electron chi connectivity index (χ1n) is 7.31. The van der Waals surface area contributed by atoms with Crippen LogP contribution in [0.25, 0.3) is 11.0 Å². The van der Waals surface area contributed by atoms with Gasteiger partial charge < -0.3 is 14.1 Å². The van der Waals surface area contributed by atoms with Crippen LogP contribution in [0.5, 0.6) is 5.75 Å². The van der Waals surface area contributed by atoms with E-state index in [1.54, 1.807) is 0 Å². The molecule has 0 radical (unpaired) electrons. The monoisotopic (exact) mass is 371 g/mol. The van der Waals surface area contributed by atoms with E-state index >= 15 is 0 Å². The zero-order valence-electron chi connectivity index (χ0n) is 12.5. The summed E-state index contributed by atoms with van der Waals surface area (Å²) in [6, 6.07) is 13.7. The molecule has 0 atom stereocenters. The highest BCUT2D eigenvalue weighted by molar-refractivity contribution is 9.10. The van der Waals surface area contributed by atoms with Gasteiger partial charge in [-0.25, -0.2) is 4.79 Å². The van der Waals surface area contributed by atoms with Crippen molar-refractivity contribution in [2.24, 2.45) is 0 Å². The van der Waals surface area contributed by atoms with Crippen LogP contribution >= 0.6 is 15.9 Å². The molecule has 3 aromatic rings. The summed E-state index contributed by atoms with van der Waals surface area (Å²) < 4.78 is 12.4. The summed E-state index contributed by atoms with van der Waals surface area (Å²) >= 11 is 3.43. The van der Waals surface area contributed by atoms with Gasteiger partial charge in [-0.1, -0.05) is 27.6 Å². The van der Waals surface area contributed by atoms with Crippen LogP contribution in [0.4, 0.5) is 5.69 Å². The van der Waals surface area contributed by atoms with Crippen molar-refractivity contribution in [3.63, 3.8) is 0 Å². The molecule has 2 aromatic carbocycles. The average Bonchev–Trinajstić information content (AvgIpc) is 2.56. The zero-order chi connectivity index (χ0) is 16.0. The molecule has 116 valence electrons. The minimum atomic E-state index is -0.335. The molecule has 4 nitrogen and oxygen atoms in total. The molecule has 0 N–H and O–H groups in total. The summed E-state index contributed by atoms with van der Waals surface area (Å²) in [5.74, 6) is 0.647. The highest BCUT2D eigenvalue weighted by Crippen LogP contribution is 2.33. The highest BCUT2D eigenvalue weighted by atomic mass is 79.9. The molecule has 0 saturated heterocycles. The first kappa shape index (κ1) is 14.3. The topological polar surface area (TPSA) is 42.7 Å². The standard InChI is InChI=1S/C18H14BrNO3/c1-11-2-7-16-14(8-11)17-15(18(21)23-16)9-20(10-22-17)13-5-3-12(19)4-6-13/h2-8H,9-10H2,1H3. The van der Waals surface area contributed by atoms with Crippen LogP contribution in [0.3, 0.4) is 0 Å². The largest absolute Gasteiger partial charge is 0.472 e. The zero-order valence-corrected chi connectivity index (χ0v) is 14.1. The van der Waals surface area contributed by atoms with Crippen LogP contribution in [0, 0.1) is 6.92 Å². The number of hydrogen-bond donors (Lipinski definition) is 0. The Morgan fingerprint density at radius 3 is 2.70 bits per heavy atom. The lowest BCUT2D eigenvalue weighted by Gasteiger charge is -2.30. The predicted molar refractivity (Wildman–Crippen MR) is 93.0 cm³/mol. The summed E-state index contributed by atoms with van der Waals surface area (Å²) in [7, 11) is 0. The van der Waals surface area contributed by atoms with Gasteiger partial charge >= 0.3 is 5.63 Å². The number of anilines is 1. The number of ether oxygens (including phenoxy) is 1. The smallest absolute Gasteiger partial charge is 0.345 e. The van der Waals surface area contributed by atoms with E-state index in [2.05, 4.69) is 15.9 Å². The predicted octanol–water partition coefficient (Wildman–Crippen LogP) is 4.22. The summed E-state index contributed by atoms with van der Waals surface area (Å²) in [5, 5.41) is 0.857. The van der Waals surface area contributed by atoms with E-state index in [1.807, 2.05) is 54.3 Å². The molecule has 1 aromatic heterocycles. The molecular weight excluding hydrogens is 358 g/mol. The maximum atomic E-state index is 12.3. The fraction of sp³-hybridized carbons (Fsp3) is 0.167. The molecule has 0 aliphatic carbocycles. The number of aryl methyl sites for hydroxylation is 1. The first-order valence-corrected chi connectivity index (χ1v) is 8.11. The van der Waals surface area contributed by atoms with Crippen LogP contribution in [-0.4, -0.2) is 6.73 Å². The van der Waals surface area contributed by atoms with Crippen molar-refractivity contribution in [1.29, 1.82) is 0 Å². The van der Waals surface area contributed by atoms with Gasteiger partial charge in [0.25, 0.3) is 0 Å². The molecule has 0 fully saturated rings. The Morgan fingerprint density at radius 1 is 1.13 bits per heavy atom. The normalized spacial score (nSPS) is 13.7. The fourth-order valence-electron chi connectivity index (χ4n) is 2.82. The van der Waals surface area contributed by atoms with Crippen LogP contribution < -0.4 is 15.3 Å². The van der Waals surface area contributed by atoms with Crippen LogP contribution in [0.15, 0.2) is 56.1 Å². The van der Waals surface area contributed by atoms with Gasteiger partial charge in [0.15, 0.2) is 6.73 Å². The Labute approximate surface area is 141 Å². The summed E-state index contributed by atoms with van der Waals surface area (Å²) in [6.45, 7) is 2.89. The molecule has 2 heterocycles. The average molecular weight is 372 g/mol. The summed E-state index contributed by atoms with van der Waals surface area (Å²) in [4.78, 5) is 14.3. The second kappa shape index (κ2) is 5.42. The lowest BCUT2D eigenvalue weighted by Crippen LogP contribution is -2.34. The molecule has 4 rings (SSSR count). The lowest BCUT2D eigenvalue weighted by atomic mass is 10.1. The fourth-order valence-corrected chi connectivity index (χ4v) is 3.09. The van der Waals surface area contributed by atoms with Gasteiger partial charge in [0.1, 0.15) is 11.3 Å². The van der Waals surface area contributed by atoms with Crippen LogP contribution in [-0.2, 0) is 6.54 Å². The molecule has 1 aliphatic rings. The van der Waals surface area contributed by atoms with Gasteiger partial charge in [-0.05, 0) is 43.3 Å². The van der Waals surface area contributed by atoms with E-state index < -0.39 is 0 Å². The minimum Gasteiger partial charge on any atom is -0.472 e. The summed E-state index contributed by atoms with van der Waals surface area (Å²) in [5.41, 5.74) is 2.90. The Bertz CT molecular complexity index is 947. The third-order valence-corrected chi connectivity index (χ3v) is 4.54. The Balaban J connectivity index is 1.80. The Morgan fingerprint density at radius 2 is 1.91 bits per heavy atom. The van der Waals surface area contributed by atoms with Gasteiger partial charge in [0, 0.05) is 10.2 Å². The molecule has 0 saturated carbocycles. The molecule has 0 unspecified atom stereocenters. The van der Waals surface area contributed by atoms with Crippen LogP contribution in [0.1, 0.15) is 11.1 Å². The van der Waals surface area contributed by atoms with Crippen molar-refractivity contribution in [2.75, 3.05) is 11.6 Å². The van der Waals surface area contributed by atoms with Crippen molar-refractivity contribution in [2.45, 2.75) is 13.5 Å². The van der Waals surface area contributed by atoms with Crippen molar-refractivity contribution < 1.29 is 9.15 Å². The maximum Gasteiger partial charge on any atom is 0.345 e. The number of halogens is 1. The first-order chi connectivity index (χ1) is 11.1. The SMILES string of the molecule is Cc1ccc2oc(=O)c3c(c2c1)OCN(c1ccc(Br)cc1)C3. The van der Waals surface area contributed by atoms with Crippen molar-refractivity contribution in [3.05, 3.63) is 68.5 Å². The Hall–Kier alpha value is -2.27. The van der Waals surface area contributed by atoms with Gasteiger partial charge in [-0.15, -0.1) is 0 Å². The number of fused-ring (bicyclic) bond motifs is 3. The molecule has 0 spiro atoms. The van der Waals surface area contributed by atoms with Gasteiger partial charge in [0.2, 0.25) is 0 Å². The molecule has 0 bridgehead atoms. The number of benzene rings is 2. The van der Waals surface area contributed by atoms with Crippen LogP contribution in [0.2, 0.25) is 0 Å². The summed E-state index contributed by atoms with van der Waals surface area (Å²) in [6.07, 6.45) is 0. The van der Waals surface area contributed by atoms with Crippen molar-refractivity contribution >= 4 is 32.6 Å². The molecule has 23 heavy (non-hydrogen) atoms. The molecule has 0 amide bonds. The quantitative estimate of drug-likeness (QED) is 0.600. The van der Waals surface area contributed by atoms with Crippen molar-refractivity contribution in [1.82, 2.24) is 0 Å². The highest BCUT2D eigenvalue weighted by Gasteiger charge is 2.24. The second-order valence-corrected chi connectivity index (χ2v) is 6.56. The van der Waals surface area contributed by atoms with E-state index in [4.69, 9.17) is 9.15 Å². The number of hydrogen-bond acceptors (Lipinski definition) is 4. The van der Waals surface area contributed by atoms with E-state index in [9.17, 15) is 4.79 Å². The lowest BCUT2D eigenvalue weighted by molar-refractivity contribution is 0.287. The molecule has 1 aliphatic heterocycles. The maximum absolute atomic E-state index is 12.3. The second-order valence-electron chi connectivity index (χ2n) is 5.64. The van der Waals surface area contributed by atoms with E-state index in [0.717, 1.165) is 21.1 Å². The number of nitrogens with zero attached hydrogens (tertiary/aromatic N) is 1. The minimum absolute atomic E-state index is 0.335. The van der Waals surface area contributed by atoms with Gasteiger partial charge in [-0.3, -0.25) is 0 Å². The van der Waals surface area contributed by atoms with E-state index in [-0.39, 0.29) is 5.63 Å². The molecule has 5 heteroatoms. The van der Waals surface area contributed by atoms with Crippen molar-refractivity contribution in [3.8, 4) is 5.75 Å². The van der Waals surface area contributed by atoms with Gasteiger partial charge in [-0.2, -0.15) is 0 Å². The van der Waals surface area contributed by atoms with Gasteiger partial charge in [0.05, 0.1) is 17.5 Å². The van der Waals surface area contributed by atoms with E-state index in [1.165, 1.54) is 0 Å². The third kappa shape index (κ3) is 2.51. The Kier molecular flexibility index (Phi) is 3.38.